The predicted molar refractivity (Wildman–Crippen MR) is 115 cm³/mol. The summed E-state index contributed by atoms with van der Waals surface area (Å²) in [5.74, 6) is 1.13. The van der Waals surface area contributed by atoms with E-state index in [1.54, 1.807) is 30.7 Å². The standard InChI is InChI=1S/C24H19FN4O3/c1-13(30)19-14(2)32-24-21(20(19)15-6-10-18(31-3)11-7-15)23-27-22(28-29(23)12-26-24)16-4-8-17(25)9-5-16/h4-12,20H,1-3H3. The number of ether oxygens (including phenoxy) is 2. The number of nitrogens with zero attached hydrogens (tertiary/aromatic N) is 4. The summed E-state index contributed by atoms with van der Waals surface area (Å²) in [6.07, 6.45) is 1.52. The van der Waals surface area contributed by atoms with Crippen LogP contribution in [-0.4, -0.2) is 32.5 Å². The lowest BCUT2D eigenvalue weighted by Crippen LogP contribution is -2.22. The van der Waals surface area contributed by atoms with Gasteiger partial charge in [-0.2, -0.15) is 0 Å². The van der Waals surface area contributed by atoms with Gasteiger partial charge in [0.05, 0.1) is 12.7 Å². The first-order chi connectivity index (χ1) is 15.5. The molecule has 0 amide bonds. The number of rotatable bonds is 4. The van der Waals surface area contributed by atoms with E-state index in [9.17, 15) is 9.18 Å². The predicted octanol–water partition coefficient (Wildman–Crippen LogP) is 4.33. The van der Waals surface area contributed by atoms with Crippen molar-refractivity contribution in [1.82, 2.24) is 19.6 Å². The minimum atomic E-state index is -0.441. The Morgan fingerprint density at radius 1 is 1.12 bits per heavy atom. The molecule has 0 saturated heterocycles. The van der Waals surface area contributed by atoms with Gasteiger partial charge in [-0.25, -0.2) is 18.9 Å². The number of benzene rings is 2. The second-order valence-electron chi connectivity index (χ2n) is 7.51. The monoisotopic (exact) mass is 430 g/mol. The van der Waals surface area contributed by atoms with E-state index in [4.69, 9.17) is 14.5 Å². The summed E-state index contributed by atoms with van der Waals surface area (Å²) in [6.45, 7) is 3.28. The van der Waals surface area contributed by atoms with Crippen molar-refractivity contribution in [2.24, 2.45) is 0 Å². The molecule has 1 unspecified atom stereocenters. The molecular formula is C24H19FN4O3. The van der Waals surface area contributed by atoms with Crippen LogP contribution in [0.4, 0.5) is 4.39 Å². The minimum absolute atomic E-state index is 0.103. The minimum Gasteiger partial charge on any atom is -0.497 e. The molecule has 5 rings (SSSR count). The fourth-order valence-corrected chi connectivity index (χ4v) is 4.04. The number of fused-ring (bicyclic) bond motifs is 3. The summed E-state index contributed by atoms with van der Waals surface area (Å²) in [4.78, 5) is 21.8. The van der Waals surface area contributed by atoms with Gasteiger partial charge in [-0.3, -0.25) is 4.79 Å². The van der Waals surface area contributed by atoms with Crippen LogP contribution in [-0.2, 0) is 4.79 Å². The fourth-order valence-electron chi connectivity index (χ4n) is 4.04. The number of Topliss-reactive ketones (excluding diaryl/α,β-unsaturated/α-hetero) is 1. The molecule has 3 heterocycles. The van der Waals surface area contributed by atoms with E-state index in [1.165, 1.54) is 25.4 Å². The zero-order valence-electron chi connectivity index (χ0n) is 17.7. The van der Waals surface area contributed by atoms with Gasteiger partial charge in [0.2, 0.25) is 5.88 Å². The van der Waals surface area contributed by atoms with E-state index in [0.29, 0.717) is 45.6 Å². The molecule has 2 aromatic heterocycles. The number of hydrogen-bond donors (Lipinski definition) is 0. The summed E-state index contributed by atoms with van der Waals surface area (Å²) in [7, 11) is 1.60. The van der Waals surface area contributed by atoms with Gasteiger partial charge in [-0.05, 0) is 55.8 Å². The average molecular weight is 430 g/mol. The SMILES string of the molecule is COc1ccc(C2C(C(C)=O)=C(C)Oc3ncn4nc(-c5ccc(F)cc5)nc4c32)cc1. The van der Waals surface area contributed by atoms with Gasteiger partial charge in [-0.1, -0.05) is 12.1 Å². The summed E-state index contributed by atoms with van der Waals surface area (Å²) < 4.78 is 26.1. The number of carbonyl (C=O) groups excluding carboxylic acids is 1. The molecule has 4 aromatic rings. The normalized spacial score (nSPS) is 15.4. The van der Waals surface area contributed by atoms with Crippen LogP contribution >= 0.6 is 0 Å². The third-order valence-electron chi connectivity index (χ3n) is 5.52. The smallest absolute Gasteiger partial charge is 0.228 e. The van der Waals surface area contributed by atoms with Crippen LogP contribution in [0.15, 0.2) is 66.2 Å². The van der Waals surface area contributed by atoms with E-state index in [2.05, 4.69) is 10.1 Å². The van der Waals surface area contributed by atoms with Crippen molar-refractivity contribution >= 4 is 11.4 Å². The molecule has 0 fully saturated rings. The Labute approximate surface area is 183 Å². The van der Waals surface area contributed by atoms with Crippen LogP contribution in [0.1, 0.15) is 30.9 Å². The van der Waals surface area contributed by atoms with Gasteiger partial charge in [0, 0.05) is 17.1 Å². The number of carbonyl (C=O) groups is 1. The Morgan fingerprint density at radius 3 is 2.50 bits per heavy atom. The van der Waals surface area contributed by atoms with Gasteiger partial charge in [-0.15, -0.1) is 5.10 Å². The molecule has 32 heavy (non-hydrogen) atoms. The molecule has 0 bridgehead atoms. The van der Waals surface area contributed by atoms with Crippen molar-refractivity contribution in [3.63, 3.8) is 0 Å². The fraction of sp³-hybridized carbons (Fsp3) is 0.167. The van der Waals surface area contributed by atoms with Crippen LogP contribution in [0, 0.1) is 5.82 Å². The molecule has 1 aliphatic rings. The summed E-state index contributed by atoms with van der Waals surface area (Å²) in [6, 6.07) is 13.5. The van der Waals surface area contributed by atoms with Crippen molar-refractivity contribution in [2.45, 2.75) is 19.8 Å². The van der Waals surface area contributed by atoms with E-state index >= 15 is 0 Å². The third-order valence-corrected chi connectivity index (χ3v) is 5.52. The van der Waals surface area contributed by atoms with Gasteiger partial charge in [0.25, 0.3) is 0 Å². The van der Waals surface area contributed by atoms with E-state index < -0.39 is 5.92 Å². The second-order valence-corrected chi connectivity index (χ2v) is 7.51. The maximum atomic E-state index is 13.4. The van der Waals surface area contributed by atoms with Crippen LogP contribution in [0.3, 0.4) is 0 Å². The number of hydrogen-bond acceptors (Lipinski definition) is 6. The molecule has 8 heteroatoms. The molecule has 7 nitrogen and oxygen atoms in total. The van der Waals surface area contributed by atoms with Crippen LogP contribution < -0.4 is 9.47 Å². The highest BCUT2D eigenvalue weighted by Gasteiger charge is 2.36. The second kappa shape index (κ2) is 7.56. The first kappa shape index (κ1) is 19.9. The molecule has 0 spiro atoms. The first-order valence-corrected chi connectivity index (χ1v) is 10.0. The number of allylic oxidation sites excluding steroid dienone is 2. The maximum Gasteiger partial charge on any atom is 0.228 e. The topological polar surface area (TPSA) is 78.6 Å². The number of aromatic nitrogens is 4. The van der Waals surface area contributed by atoms with Crippen molar-refractivity contribution in [3.8, 4) is 23.0 Å². The molecule has 0 radical (unpaired) electrons. The molecular weight excluding hydrogens is 411 g/mol. The highest BCUT2D eigenvalue weighted by molar-refractivity contribution is 5.97. The maximum absolute atomic E-state index is 13.4. The van der Waals surface area contributed by atoms with Crippen molar-refractivity contribution in [2.75, 3.05) is 7.11 Å². The molecule has 1 aliphatic heterocycles. The highest BCUT2D eigenvalue weighted by Crippen LogP contribution is 2.44. The lowest BCUT2D eigenvalue weighted by molar-refractivity contribution is -0.114. The quantitative estimate of drug-likeness (QED) is 0.480. The Morgan fingerprint density at radius 2 is 1.84 bits per heavy atom. The van der Waals surface area contributed by atoms with Gasteiger partial charge in [0.1, 0.15) is 23.7 Å². The Kier molecular flexibility index (Phi) is 4.70. The van der Waals surface area contributed by atoms with Crippen LogP contribution in [0.5, 0.6) is 11.6 Å². The zero-order valence-corrected chi connectivity index (χ0v) is 17.7. The van der Waals surface area contributed by atoms with E-state index in [-0.39, 0.29) is 11.6 Å². The zero-order chi connectivity index (χ0) is 22.4. The Bertz CT molecular complexity index is 1380. The van der Waals surface area contributed by atoms with Gasteiger partial charge >= 0.3 is 0 Å². The van der Waals surface area contributed by atoms with E-state index in [1.807, 2.05) is 24.3 Å². The molecule has 0 aliphatic carbocycles. The van der Waals surface area contributed by atoms with Crippen molar-refractivity contribution in [1.29, 1.82) is 0 Å². The van der Waals surface area contributed by atoms with Crippen molar-refractivity contribution in [3.05, 3.63) is 83.1 Å². The van der Waals surface area contributed by atoms with Crippen molar-refractivity contribution < 1.29 is 18.7 Å². The largest absolute Gasteiger partial charge is 0.497 e. The first-order valence-electron chi connectivity index (χ1n) is 10.0. The van der Waals surface area contributed by atoms with E-state index in [0.717, 1.165) is 5.56 Å². The molecule has 0 N–H and O–H groups in total. The summed E-state index contributed by atoms with van der Waals surface area (Å²) in [5, 5.41) is 4.51. The number of methoxy groups -OCH3 is 1. The lowest BCUT2D eigenvalue weighted by Gasteiger charge is -2.28. The summed E-state index contributed by atoms with van der Waals surface area (Å²) >= 11 is 0. The average Bonchev–Trinajstić information content (AvgIpc) is 3.23. The Hall–Kier alpha value is -4.07. The summed E-state index contributed by atoms with van der Waals surface area (Å²) in [5.41, 5.74) is 3.24. The lowest BCUT2D eigenvalue weighted by atomic mass is 9.82. The Balaban J connectivity index is 1.74. The van der Waals surface area contributed by atoms with Gasteiger partial charge < -0.3 is 9.47 Å². The number of ketones is 1. The van der Waals surface area contributed by atoms with Crippen LogP contribution in [0.25, 0.3) is 17.0 Å². The molecule has 0 saturated carbocycles. The van der Waals surface area contributed by atoms with Gasteiger partial charge in [0.15, 0.2) is 17.3 Å². The third kappa shape index (κ3) is 3.20. The number of halogens is 1. The molecule has 160 valence electrons. The van der Waals surface area contributed by atoms with Crippen LogP contribution in [0.2, 0.25) is 0 Å². The highest BCUT2D eigenvalue weighted by atomic mass is 19.1. The molecule has 1 atom stereocenters. The molecule has 2 aromatic carbocycles.